The highest BCUT2D eigenvalue weighted by molar-refractivity contribution is 6.04. The molecule has 3 amide bonds. The predicted octanol–water partition coefficient (Wildman–Crippen LogP) is 2.08. The molecule has 5 nitrogen and oxygen atoms in total. The number of hydrogen-bond donors (Lipinski definition) is 0. The summed E-state index contributed by atoms with van der Waals surface area (Å²) in [7, 11) is 0. The minimum Gasteiger partial charge on any atom is -0.312 e. The van der Waals surface area contributed by atoms with Crippen LogP contribution in [-0.4, -0.2) is 58.4 Å². The number of imide groups is 1. The lowest BCUT2D eigenvalue weighted by molar-refractivity contribution is -0.130. The second kappa shape index (κ2) is 5.96. The molecule has 3 heterocycles. The lowest BCUT2D eigenvalue weighted by Gasteiger charge is -2.35. The van der Waals surface area contributed by atoms with E-state index < -0.39 is 0 Å². The number of carbonyl (C=O) groups is 2. The van der Waals surface area contributed by atoms with Gasteiger partial charge in [-0.05, 0) is 31.2 Å². The fourth-order valence-electron chi connectivity index (χ4n) is 4.16. The van der Waals surface area contributed by atoms with Gasteiger partial charge < -0.3 is 4.90 Å². The Morgan fingerprint density at radius 1 is 0.957 bits per heavy atom. The molecule has 0 bridgehead atoms. The van der Waals surface area contributed by atoms with Crippen LogP contribution in [0.25, 0.3) is 0 Å². The zero-order valence-corrected chi connectivity index (χ0v) is 13.4. The summed E-state index contributed by atoms with van der Waals surface area (Å²) in [6.07, 6.45) is 3.59. The van der Waals surface area contributed by atoms with Crippen molar-refractivity contribution in [2.45, 2.75) is 44.3 Å². The van der Waals surface area contributed by atoms with Gasteiger partial charge in [-0.3, -0.25) is 14.6 Å². The lowest BCUT2D eigenvalue weighted by Crippen LogP contribution is -2.48. The molecule has 23 heavy (non-hydrogen) atoms. The van der Waals surface area contributed by atoms with Crippen LogP contribution in [0, 0.1) is 0 Å². The van der Waals surface area contributed by atoms with E-state index in [-0.39, 0.29) is 24.0 Å². The molecule has 3 aliphatic heterocycles. The highest BCUT2D eigenvalue weighted by Gasteiger charge is 2.49. The topological polar surface area (TPSA) is 43.9 Å². The van der Waals surface area contributed by atoms with Crippen molar-refractivity contribution in [1.29, 1.82) is 0 Å². The van der Waals surface area contributed by atoms with E-state index in [1.54, 1.807) is 9.80 Å². The molecule has 3 saturated heterocycles. The van der Waals surface area contributed by atoms with Crippen LogP contribution in [0.3, 0.4) is 0 Å². The highest BCUT2D eigenvalue weighted by atomic mass is 16.2. The van der Waals surface area contributed by atoms with Crippen molar-refractivity contribution >= 4 is 11.9 Å². The average Bonchev–Trinajstić information content (AvgIpc) is 3.14. The fraction of sp³-hybridized carbons (Fsp3) is 0.556. The molecular weight excluding hydrogens is 290 g/mol. The van der Waals surface area contributed by atoms with E-state index in [0.29, 0.717) is 0 Å². The van der Waals surface area contributed by atoms with Crippen molar-refractivity contribution in [3.63, 3.8) is 0 Å². The minimum atomic E-state index is -0.162. The maximum Gasteiger partial charge on any atom is 0.327 e. The monoisotopic (exact) mass is 313 g/mol. The first-order chi connectivity index (χ1) is 11.2. The Kier molecular flexibility index (Phi) is 3.81. The van der Waals surface area contributed by atoms with Crippen LogP contribution in [0.4, 0.5) is 4.79 Å². The van der Waals surface area contributed by atoms with Crippen LogP contribution < -0.4 is 0 Å². The molecule has 122 valence electrons. The van der Waals surface area contributed by atoms with Crippen molar-refractivity contribution < 1.29 is 9.59 Å². The smallest absolute Gasteiger partial charge is 0.312 e. The molecule has 0 aromatic heterocycles. The summed E-state index contributed by atoms with van der Waals surface area (Å²) in [6.45, 7) is 3.59. The molecule has 0 saturated carbocycles. The molecule has 0 radical (unpaired) electrons. The summed E-state index contributed by atoms with van der Waals surface area (Å²) in [6, 6.07) is 10.3. The van der Waals surface area contributed by atoms with Crippen molar-refractivity contribution in [3.05, 3.63) is 35.9 Å². The van der Waals surface area contributed by atoms with Crippen LogP contribution in [0.5, 0.6) is 0 Å². The van der Waals surface area contributed by atoms with Gasteiger partial charge in [-0.2, -0.15) is 0 Å². The third kappa shape index (κ3) is 2.63. The van der Waals surface area contributed by atoms with Crippen LogP contribution >= 0.6 is 0 Å². The Labute approximate surface area is 136 Å². The number of rotatable bonds is 3. The van der Waals surface area contributed by atoms with Gasteiger partial charge in [-0.15, -0.1) is 0 Å². The van der Waals surface area contributed by atoms with Crippen LogP contribution in [-0.2, 0) is 11.3 Å². The number of likely N-dealkylation sites (tertiary alicyclic amines) is 1. The number of carbonyl (C=O) groups excluding carboxylic acids is 2. The Morgan fingerprint density at radius 3 is 2.39 bits per heavy atom. The molecule has 4 rings (SSSR count). The lowest BCUT2D eigenvalue weighted by atomic mass is 10.0. The zero-order valence-electron chi connectivity index (χ0n) is 13.4. The number of nitrogens with zero attached hydrogens (tertiary/aromatic N) is 3. The number of urea groups is 1. The average molecular weight is 313 g/mol. The highest BCUT2D eigenvalue weighted by Crippen LogP contribution is 2.31. The van der Waals surface area contributed by atoms with Gasteiger partial charge in [0.1, 0.15) is 6.04 Å². The maximum absolute atomic E-state index is 12.5. The Bertz CT molecular complexity index is 574. The van der Waals surface area contributed by atoms with E-state index in [1.807, 2.05) is 6.07 Å². The summed E-state index contributed by atoms with van der Waals surface area (Å²) < 4.78 is 0. The van der Waals surface area contributed by atoms with Gasteiger partial charge in [0.05, 0.1) is 0 Å². The standard InChI is InChI=1S/C18H23N3O2/c22-17-16-7-4-10-20(16)18(23)21(17)15-8-11-19(12-9-15)13-14-5-2-1-3-6-14/h1-3,5-6,15-16H,4,7-13H2. The number of hydrogen-bond acceptors (Lipinski definition) is 3. The van der Waals surface area contributed by atoms with Crippen molar-refractivity contribution in [2.24, 2.45) is 0 Å². The number of fused-ring (bicyclic) bond motifs is 1. The Morgan fingerprint density at radius 2 is 1.70 bits per heavy atom. The quantitative estimate of drug-likeness (QED) is 0.803. The first kappa shape index (κ1) is 14.7. The second-order valence-electron chi connectivity index (χ2n) is 6.84. The Balaban J connectivity index is 1.36. The third-order valence-electron chi connectivity index (χ3n) is 5.40. The molecule has 1 aromatic rings. The summed E-state index contributed by atoms with van der Waals surface area (Å²) in [5.74, 6) is 0.0500. The first-order valence-corrected chi connectivity index (χ1v) is 8.64. The van der Waals surface area contributed by atoms with Gasteiger partial charge in [-0.25, -0.2) is 4.79 Å². The molecule has 1 atom stereocenters. The number of amides is 3. The molecule has 3 fully saturated rings. The summed E-state index contributed by atoms with van der Waals surface area (Å²) in [5.41, 5.74) is 1.32. The molecule has 3 aliphatic rings. The van der Waals surface area contributed by atoms with Gasteiger partial charge in [0.25, 0.3) is 5.91 Å². The molecule has 0 spiro atoms. The predicted molar refractivity (Wildman–Crippen MR) is 86.7 cm³/mol. The van der Waals surface area contributed by atoms with Gasteiger partial charge >= 0.3 is 6.03 Å². The van der Waals surface area contributed by atoms with E-state index in [2.05, 4.69) is 29.2 Å². The van der Waals surface area contributed by atoms with Crippen molar-refractivity contribution in [1.82, 2.24) is 14.7 Å². The molecule has 5 heteroatoms. The van der Waals surface area contributed by atoms with Crippen LogP contribution in [0.15, 0.2) is 30.3 Å². The molecule has 1 aromatic carbocycles. The normalized spacial score (nSPS) is 26.2. The van der Waals surface area contributed by atoms with E-state index in [0.717, 1.165) is 51.9 Å². The molecule has 1 unspecified atom stereocenters. The number of piperidine rings is 1. The molecular formula is C18H23N3O2. The van der Waals surface area contributed by atoms with Crippen molar-refractivity contribution in [2.75, 3.05) is 19.6 Å². The van der Waals surface area contributed by atoms with Gasteiger partial charge in [0.15, 0.2) is 0 Å². The van der Waals surface area contributed by atoms with Crippen LogP contribution in [0.2, 0.25) is 0 Å². The minimum absolute atomic E-state index is 0.0426. The van der Waals surface area contributed by atoms with E-state index in [9.17, 15) is 9.59 Å². The van der Waals surface area contributed by atoms with E-state index in [4.69, 9.17) is 0 Å². The van der Waals surface area contributed by atoms with Crippen LogP contribution in [0.1, 0.15) is 31.2 Å². The number of benzene rings is 1. The molecule has 0 N–H and O–H groups in total. The Hall–Kier alpha value is -1.88. The second-order valence-corrected chi connectivity index (χ2v) is 6.84. The summed E-state index contributed by atoms with van der Waals surface area (Å²) >= 11 is 0. The fourth-order valence-corrected chi connectivity index (χ4v) is 4.16. The van der Waals surface area contributed by atoms with E-state index in [1.165, 1.54) is 5.56 Å². The summed E-state index contributed by atoms with van der Waals surface area (Å²) in [5, 5.41) is 0. The van der Waals surface area contributed by atoms with Gasteiger partial charge in [-0.1, -0.05) is 30.3 Å². The largest absolute Gasteiger partial charge is 0.327 e. The maximum atomic E-state index is 12.5. The van der Waals surface area contributed by atoms with Crippen molar-refractivity contribution in [3.8, 4) is 0 Å². The molecule has 0 aliphatic carbocycles. The first-order valence-electron chi connectivity index (χ1n) is 8.64. The zero-order chi connectivity index (χ0) is 15.8. The van der Waals surface area contributed by atoms with Gasteiger partial charge in [0.2, 0.25) is 0 Å². The third-order valence-corrected chi connectivity index (χ3v) is 5.40. The van der Waals surface area contributed by atoms with E-state index >= 15 is 0 Å². The SMILES string of the molecule is O=C1C2CCCN2C(=O)N1C1CCN(Cc2ccccc2)CC1. The van der Waals surface area contributed by atoms with Gasteiger partial charge in [0, 0.05) is 32.2 Å². The summed E-state index contributed by atoms with van der Waals surface area (Å²) in [4.78, 5) is 30.8.